The number of likely N-dealkylation sites (tertiary alicyclic amines) is 2. The molecule has 3 rings (SSSR count). The van der Waals surface area contributed by atoms with Gasteiger partial charge in [0, 0.05) is 39.0 Å². The third kappa shape index (κ3) is 4.39. The summed E-state index contributed by atoms with van der Waals surface area (Å²) in [5.74, 6) is -0.442. The highest BCUT2D eigenvalue weighted by atomic mass is 32.1. The number of aromatic nitrogens is 2. The number of rotatable bonds is 5. The van der Waals surface area contributed by atoms with Crippen molar-refractivity contribution < 1.29 is 14.7 Å². The van der Waals surface area contributed by atoms with Crippen LogP contribution in [0, 0.1) is 6.92 Å². The Balaban J connectivity index is 1.45. The molecule has 1 aromatic rings. The Hall–Kier alpha value is -1.58. The van der Waals surface area contributed by atoms with E-state index in [1.54, 1.807) is 11.8 Å². The molecule has 2 amide bonds. The van der Waals surface area contributed by atoms with Crippen LogP contribution in [0.15, 0.2) is 0 Å². The lowest BCUT2D eigenvalue weighted by Crippen LogP contribution is -2.55. The van der Waals surface area contributed by atoms with Crippen LogP contribution in [0.5, 0.6) is 0 Å². The van der Waals surface area contributed by atoms with E-state index in [-0.39, 0.29) is 24.7 Å². The molecular formula is C17H27N5O3S. The Labute approximate surface area is 157 Å². The van der Waals surface area contributed by atoms with Crippen LogP contribution >= 0.6 is 11.5 Å². The first-order valence-electron chi connectivity index (χ1n) is 9.31. The Morgan fingerprint density at radius 2 is 1.88 bits per heavy atom. The van der Waals surface area contributed by atoms with Gasteiger partial charge in [-0.15, -0.1) is 5.10 Å². The third-order valence-electron chi connectivity index (χ3n) is 5.31. The van der Waals surface area contributed by atoms with Gasteiger partial charge < -0.3 is 20.2 Å². The van der Waals surface area contributed by atoms with Crippen LogP contribution < -0.4 is 5.32 Å². The number of carbonyl (C=O) groups is 2. The average molecular weight is 382 g/mol. The highest BCUT2D eigenvalue weighted by Crippen LogP contribution is 2.24. The number of nitrogens with one attached hydrogen (secondary N) is 1. The second-order valence-corrected chi connectivity index (χ2v) is 7.92. The van der Waals surface area contributed by atoms with Gasteiger partial charge in [-0.25, -0.2) is 0 Å². The molecule has 0 spiro atoms. The molecule has 0 radical (unpaired) electrons. The Kier molecular flexibility index (Phi) is 6.20. The Bertz CT molecular complexity index is 636. The molecule has 2 aliphatic heterocycles. The lowest BCUT2D eigenvalue weighted by molar-refractivity contribution is -0.144. The van der Waals surface area contributed by atoms with Crippen LogP contribution in [0.1, 0.15) is 47.5 Å². The van der Waals surface area contributed by atoms with Gasteiger partial charge in [0.05, 0.1) is 5.69 Å². The lowest BCUT2D eigenvalue weighted by atomic mass is 9.90. The van der Waals surface area contributed by atoms with Crippen LogP contribution in [0.25, 0.3) is 0 Å². The van der Waals surface area contributed by atoms with Gasteiger partial charge in [0.25, 0.3) is 11.8 Å². The van der Waals surface area contributed by atoms with Gasteiger partial charge in [-0.1, -0.05) is 10.9 Å². The number of hydrogen-bond acceptors (Lipinski definition) is 7. The number of carbonyl (C=O) groups excluding carboxylic acids is 2. The fourth-order valence-electron chi connectivity index (χ4n) is 3.55. The maximum atomic E-state index is 12.5. The molecule has 2 saturated heterocycles. The summed E-state index contributed by atoms with van der Waals surface area (Å²) in [5.41, 5.74) is -0.768. The zero-order chi connectivity index (χ0) is 18.6. The van der Waals surface area contributed by atoms with E-state index in [1.165, 1.54) is 19.3 Å². The molecule has 144 valence electrons. The van der Waals surface area contributed by atoms with E-state index in [0.29, 0.717) is 30.2 Å². The van der Waals surface area contributed by atoms with Crippen molar-refractivity contribution in [3.8, 4) is 0 Å². The van der Waals surface area contributed by atoms with Crippen molar-refractivity contribution in [2.75, 3.05) is 39.3 Å². The number of amides is 2. The van der Waals surface area contributed by atoms with Gasteiger partial charge in [-0.3, -0.25) is 9.59 Å². The van der Waals surface area contributed by atoms with Gasteiger partial charge in [-0.05, 0) is 44.4 Å². The van der Waals surface area contributed by atoms with Crippen LogP contribution in [0.3, 0.4) is 0 Å². The molecule has 0 aliphatic carbocycles. The van der Waals surface area contributed by atoms with Crippen LogP contribution in [0.4, 0.5) is 0 Å². The largest absolute Gasteiger partial charge is 0.380 e. The van der Waals surface area contributed by atoms with E-state index in [9.17, 15) is 14.7 Å². The fourth-order valence-corrected chi connectivity index (χ4v) is 4.18. The van der Waals surface area contributed by atoms with Crippen molar-refractivity contribution in [1.29, 1.82) is 0 Å². The lowest BCUT2D eigenvalue weighted by Gasteiger charge is -2.37. The second kappa shape index (κ2) is 8.41. The maximum absolute atomic E-state index is 12.5. The molecular weight excluding hydrogens is 354 g/mol. The van der Waals surface area contributed by atoms with Gasteiger partial charge in [0.1, 0.15) is 10.5 Å². The number of hydrogen-bond donors (Lipinski definition) is 2. The van der Waals surface area contributed by atoms with Crippen molar-refractivity contribution in [3.05, 3.63) is 10.6 Å². The van der Waals surface area contributed by atoms with Crippen molar-refractivity contribution >= 4 is 23.3 Å². The minimum Gasteiger partial charge on any atom is -0.380 e. The molecule has 0 bridgehead atoms. The SMILES string of the molecule is Cc1nnsc1C(=O)N1CCC(O)(C(=O)NCCN2CCCCC2)CC1. The van der Waals surface area contributed by atoms with E-state index in [1.807, 2.05) is 0 Å². The molecule has 0 unspecified atom stereocenters. The number of piperidine rings is 2. The first kappa shape index (κ1) is 19.2. The highest BCUT2D eigenvalue weighted by Gasteiger charge is 2.40. The van der Waals surface area contributed by atoms with E-state index < -0.39 is 5.60 Å². The standard InChI is InChI=1S/C17H27N5O3S/c1-13-14(26-20-19-13)15(23)22-10-5-17(25,6-11-22)16(24)18-7-12-21-8-3-2-4-9-21/h25H,2-12H2,1H3,(H,18,24). The van der Waals surface area contributed by atoms with Gasteiger partial charge in [0.15, 0.2) is 0 Å². The molecule has 2 fully saturated rings. The van der Waals surface area contributed by atoms with Gasteiger partial charge in [-0.2, -0.15) is 0 Å². The summed E-state index contributed by atoms with van der Waals surface area (Å²) in [4.78, 5) is 29.4. The van der Waals surface area contributed by atoms with Crippen LogP contribution in [-0.2, 0) is 4.79 Å². The summed E-state index contributed by atoms with van der Waals surface area (Å²) in [6.45, 7) is 6.01. The smallest absolute Gasteiger partial charge is 0.267 e. The number of aryl methyl sites for hydroxylation is 1. The van der Waals surface area contributed by atoms with E-state index in [0.717, 1.165) is 31.2 Å². The molecule has 0 aromatic carbocycles. The van der Waals surface area contributed by atoms with E-state index >= 15 is 0 Å². The molecule has 2 aliphatic rings. The normalized spacial score (nSPS) is 20.8. The summed E-state index contributed by atoms with van der Waals surface area (Å²) in [6.07, 6.45) is 4.22. The zero-order valence-electron chi connectivity index (χ0n) is 15.2. The average Bonchev–Trinajstić information content (AvgIpc) is 3.08. The quantitative estimate of drug-likeness (QED) is 0.767. The van der Waals surface area contributed by atoms with Gasteiger partial charge in [0.2, 0.25) is 0 Å². The Morgan fingerprint density at radius 1 is 1.19 bits per heavy atom. The van der Waals surface area contributed by atoms with Crippen molar-refractivity contribution in [3.63, 3.8) is 0 Å². The number of aliphatic hydroxyl groups is 1. The van der Waals surface area contributed by atoms with E-state index in [2.05, 4.69) is 19.8 Å². The summed E-state index contributed by atoms with van der Waals surface area (Å²) >= 11 is 1.08. The summed E-state index contributed by atoms with van der Waals surface area (Å²) in [7, 11) is 0. The molecule has 2 N–H and O–H groups in total. The van der Waals surface area contributed by atoms with Crippen LogP contribution in [0.2, 0.25) is 0 Å². The molecule has 8 nitrogen and oxygen atoms in total. The third-order valence-corrected chi connectivity index (χ3v) is 6.12. The number of nitrogens with zero attached hydrogens (tertiary/aromatic N) is 4. The molecule has 9 heteroatoms. The fraction of sp³-hybridized carbons (Fsp3) is 0.765. The molecule has 1 aromatic heterocycles. The summed E-state index contributed by atoms with van der Waals surface area (Å²) < 4.78 is 3.79. The van der Waals surface area contributed by atoms with E-state index in [4.69, 9.17) is 0 Å². The van der Waals surface area contributed by atoms with Crippen LogP contribution in [-0.4, -0.2) is 81.2 Å². The predicted molar refractivity (Wildman–Crippen MR) is 98.0 cm³/mol. The zero-order valence-corrected chi connectivity index (χ0v) is 16.1. The van der Waals surface area contributed by atoms with Crippen molar-refractivity contribution in [1.82, 2.24) is 24.7 Å². The summed E-state index contributed by atoms with van der Waals surface area (Å²) in [6, 6.07) is 0. The molecule has 26 heavy (non-hydrogen) atoms. The van der Waals surface area contributed by atoms with Crippen molar-refractivity contribution in [2.45, 2.75) is 44.6 Å². The molecule has 0 atom stereocenters. The molecule has 3 heterocycles. The minimum absolute atomic E-state index is 0.120. The van der Waals surface area contributed by atoms with Crippen molar-refractivity contribution in [2.24, 2.45) is 0 Å². The first-order valence-corrected chi connectivity index (χ1v) is 10.1. The summed E-state index contributed by atoms with van der Waals surface area (Å²) in [5, 5.41) is 17.4. The first-order chi connectivity index (χ1) is 12.5. The highest BCUT2D eigenvalue weighted by molar-refractivity contribution is 7.07. The monoisotopic (exact) mass is 381 g/mol. The maximum Gasteiger partial charge on any atom is 0.267 e. The Morgan fingerprint density at radius 3 is 2.50 bits per heavy atom. The van der Waals surface area contributed by atoms with Gasteiger partial charge >= 0.3 is 0 Å². The molecule has 0 saturated carbocycles. The second-order valence-electron chi connectivity index (χ2n) is 7.17. The topological polar surface area (TPSA) is 98.7 Å². The predicted octanol–water partition coefficient (Wildman–Crippen LogP) is 0.416. The minimum atomic E-state index is -1.39.